The second kappa shape index (κ2) is 8.73. The van der Waals surface area contributed by atoms with Crippen LogP contribution in [0.15, 0.2) is 48.5 Å². The first-order chi connectivity index (χ1) is 12.0. The number of hydrogen-bond donors (Lipinski definition) is 2. The predicted octanol–water partition coefficient (Wildman–Crippen LogP) is 2.19. The zero-order valence-corrected chi connectivity index (χ0v) is 14.7. The fourth-order valence-electron chi connectivity index (χ4n) is 2.27. The maximum absolute atomic E-state index is 12.0. The van der Waals surface area contributed by atoms with Gasteiger partial charge in [0.1, 0.15) is 12.4 Å². The molecular weight excluding hydrogens is 318 g/mol. The number of anilines is 2. The van der Waals surface area contributed by atoms with E-state index in [4.69, 9.17) is 4.74 Å². The van der Waals surface area contributed by atoms with Crippen LogP contribution in [0.2, 0.25) is 0 Å². The van der Waals surface area contributed by atoms with E-state index >= 15 is 0 Å². The molecule has 0 bridgehead atoms. The first-order valence-corrected chi connectivity index (χ1v) is 8.03. The number of amides is 2. The van der Waals surface area contributed by atoms with Crippen LogP contribution in [0.3, 0.4) is 0 Å². The van der Waals surface area contributed by atoms with Crippen molar-refractivity contribution in [3.63, 3.8) is 0 Å². The van der Waals surface area contributed by atoms with Crippen molar-refractivity contribution in [2.45, 2.75) is 6.92 Å². The van der Waals surface area contributed by atoms with E-state index in [-0.39, 0.29) is 13.2 Å². The monoisotopic (exact) mass is 341 g/mol. The van der Waals surface area contributed by atoms with Crippen molar-refractivity contribution in [2.24, 2.45) is 0 Å². The minimum absolute atomic E-state index is 0.246. The molecule has 132 valence electrons. The van der Waals surface area contributed by atoms with Crippen molar-refractivity contribution in [2.75, 3.05) is 37.5 Å². The number of nitrogens with one attached hydrogen (secondary N) is 2. The molecule has 0 radical (unpaired) electrons. The Balaban J connectivity index is 1.81. The highest BCUT2D eigenvalue weighted by molar-refractivity contribution is 6.39. The first-order valence-electron chi connectivity index (χ1n) is 8.03. The van der Waals surface area contributed by atoms with E-state index in [9.17, 15) is 9.59 Å². The molecule has 0 spiro atoms. The van der Waals surface area contributed by atoms with Gasteiger partial charge >= 0.3 is 11.8 Å². The highest BCUT2D eigenvalue weighted by atomic mass is 16.5. The van der Waals surface area contributed by atoms with E-state index in [0.717, 1.165) is 17.0 Å². The molecule has 6 nitrogen and oxygen atoms in total. The summed E-state index contributed by atoms with van der Waals surface area (Å²) in [6.45, 7) is 2.48. The van der Waals surface area contributed by atoms with Crippen LogP contribution >= 0.6 is 0 Å². The van der Waals surface area contributed by atoms with E-state index in [1.54, 1.807) is 12.1 Å². The number of hydrogen-bond acceptors (Lipinski definition) is 4. The molecule has 0 fully saturated rings. The average Bonchev–Trinajstić information content (AvgIpc) is 2.60. The number of aryl methyl sites for hydroxylation is 1. The summed E-state index contributed by atoms with van der Waals surface area (Å²) in [6.07, 6.45) is 0. The van der Waals surface area contributed by atoms with Crippen molar-refractivity contribution >= 4 is 23.2 Å². The Morgan fingerprint density at radius 3 is 2.40 bits per heavy atom. The van der Waals surface area contributed by atoms with E-state index in [0.29, 0.717) is 5.69 Å². The van der Waals surface area contributed by atoms with Crippen molar-refractivity contribution < 1.29 is 14.3 Å². The van der Waals surface area contributed by atoms with Crippen LogP contribution in [-0.4, -0.2) is 39.1 Å². The van der Waals surface area contributed by atoms with E-state index < -0.39 is 11.8 Å². The summed E-state index contributed by atoms with van der Waals surface area (Å²) in [5.41, 5.74) is 2.43. The SMILES string of the molecule is Cc1ccccc1OCCNC(=O)C(=O)Nc1ccccc1N(C)C. The van der Waals surface area contributed by atoms with Gasteiger partial charge in [0.25, 0.3) is 0 Å². The first kappa shape index (κ1) is 18.3. The van der Waals surface area contributed by atoms with Gasteiger partial charge in [-0.2, -0.15) is 0 Å². The summed E-state index contributed by atoms with van der Waals surface area (Å²) in [7, 11) is 3.74. The molecule has 2 amide bonds. The summed E-state index contributed by atoms with van der Waals surface area (Å²) in [5, 5.41) is 5.18. The molecule has 0 unspecified atom stereocenters. The van der Waals surface area contributed by atoms with Gasteiger partial charge in [-0.15, -0.1) is 0 Å². The summed E-state index contributed by atoms with van der Waals surface area (Å²) in [4.78, 5) is 25.8. The van der Waals surface area contributed by atoms with Gasteiger partial charge in [0.05, 0.1) is 17.9 Å². The van der Waals surface area contributed by atoms with Crippen LogP contribution in [0.25, 0.3) is 0 Å². The van der Waals surface area contributed by atoms with Gasteiger partial charge in [-0.1, -0.05) is 30.3 Å². The fourth-order valence-corrected chi connectivity index (χ4v) is 2.27. The van der Waals surface area contributed by atoms with Gasteiger partial charge in [0.15, 0.2) is 0 Å². The van der Waals surface area contributed by atoms with Crippen LogP contribution in [0.1, 0.15) is 5.56 Å². The fraction of sp³-hybridized carbons (Fsp3) is 0.263. The molecule has 0 aromatic heterocycles. The van der Waals surface area contributed by atoms with Gasteiger partial charge in [-0.3, -0.25) is 9.59 Å². The molecule has 2 aromatic rings. The second-order valence-electron chi connectivity index (χ2n) is 5.74. The van der Waals surface area contributed by atoms with Gasteiger partial charge in [-0.25, -0.2) is 0 Å². The lowest BCUT2D eigenvalue weighted by atomic mass is 10.2. The maximum atomic E-state index is 12.0. The molecule has 2 N–H and O–H groups in total. The predicted molar refractivity (Wildman–Crippen MR) is 99.1 cm³/mol. The van der Waals surface area contributed by atoms with Crippen LogP contribution in [-0.2, 0) is 9.59 Å². The standard InChI is InChI=1S/C19H23N3O3/c1-14-8-4-7-11-17(14)25-13-12-20-18(23)19(24)21-15-9-5-6-10-16(15)22(2)3/h4-11H,12-13H2,1-3H3,(H,20,23)(H,21,24). The quantitative estimate of drug-likeness (QED) is 0.624. The maximum Gasteiger partial charge on any atom is 0.313 e. The highest BCUT2D eigenvalue weighted by Gasteiger charge is 2.15. The van der Waals surface area contributed by atoms with Crippen molar-refractivity contribution in [3.8, 4) is 5.75 Å². The molecule has 6 heteroatoms. The van der Waals surface area contributed by atoms with Crippen molar-refractivity contribution in [1.29, 1.82) is 0 Å². The Hall–Kier alpha value is -3.02. The number of nitrogens with zero attached hydrogens (tertiary/aromatic N) is 1. The highest BCUT2D eigenvalue weighted by Crippen LogP contribution is 2.23. The van der Waals surface area contributed by atoms with Crippen LogP contribution in [0.4, 0.5) is 11.4 Å². The van der Waals surface area contributed by atoms with Crippen LogP contribution in [0.5, 0.6) is 5.75 Å². The summed E-state index contributed by atoms with van der Waals surface area (Å²) in [6, 6.07) is 14.9. The second-order valence-corrected chi connectivity index (χ2v) is 5.74. The largest absolute Gasteiger partial charge is 0.491 e. The summed E-state index contributed by atoms with van der Waals surface area (Å²) in [5.74, 6) is -0.631. The molecule has 0 heterocycles. The van der Waals surface area contributed by atoms with Crippen molar-refractivity contribution in [1.82, 2.24) is 5.32 Å². The van der Waals surface area contributed by atoms with Crippen LogP contribution in [0, 0.1) is 6.92 Å². The lowest BCUT2D eigenvalue weighted by Gasteiger charge is -2.17. The van der Waals surface area contributed by atoms with Gasteiger partial charge in [0, 0.05) is 14.1 Å². The number of para-hydroxylation sites is 3. The molecule has 0 saturated heterocycles. The lowest BCUT2D eigenvalue weighted by molar-refractivity contribution is -0.136. The third-order valence-electron chi connectivity index (χ3n) is 3.58. The Morgan fingerprint density at radius 1 is 1.00 bits per heavy atom. The Morgan fingerprint density at radius 2 is 1.68 bits per heavy atom. The number of ether oxygens (including phenoxy) is 1. The van der Waals surface area contributed by atoms with Crippen molar-refractivity contribution in [3.05, 3.63) is 54.1 Å². The molecule has 0 aliphatic rings. The molecule has 0 aliphatic heterocycles. The zero-order chi connectivity index (χ0) is 18.2. The Kier molecular flexibility index (Phi) is 6.39. The minimum Gasteiger partial charge on any atom is -0.491 e. The van der Waals surface area contributed by atoms with E-state index in [1.807, 2.05) is 62.3 Å². The smallest absolute Gasteiger partial charge is 0.313 e. The molecule has 0 saturated carbocycles. The van der Waals surface area contributed by atoms with Gasteiger partial charge in [-0.05, 0) is 30.7 Å². The normalized spacial score (nSPS) is 10.0. The number of carbonyl (C=O) groups is 2. The third-order valence-corrected chi connectivity index (χ3v) is 3.58. The molecule has 2 aromatic carbocycles. The minimum atomic E-state index is -0.704. The Bertz CT molecular complexity index is 744. The molecule has 0 atom stereocenters. The number of rotatable bonds is 6. The molecule has 25 heavy (non-hydrogen) atoms. The zero-order valence-electron chi connectivity index (χ0n) is 14.7. The summed E-state index contributed by atoms with van der Waals surface area (Å²) >= 11 is 0. The summed E-state index contributed by atoms with van der Waals surface area (Å²) < 4.78 is 5.58. The molecular formula is C19H23N3O3. The van der Waals surface area contributed by atoms with E-state index in [1.165, 1.54) is 0 Å². The average molecular weight is 341 g/mol. The Labute approximate surface area is 147 Å². The van der Waals surface area contributed by atoms with Gasteiger partial charge < -0.3 is 20.3 Å². The van der Waals surface area contributed by atoms with E-state index in [2.05, 4.69) is 10.6 Å². The number of benzene rings is 2. The third kappa shape index (κ3) is 5.24. The molecule has 2 rings (SSSR count). The van der Waals surface area contributed by atoms with Crippen LogP contribution < -0.4 is 20.3 Å². The molecule has 0 aliphatic carbocycles. The number of carbonyl (C=O) groups excluding carboxylic acids is 2. The van der Waals surface area contributed by atoms with Gasteiger partial charge in [0.2, 0.25) is 0 Å². The topological polar surface area (TPSA) is 70.7 Å². The lowest BCUT2D eigenvalue weighted by Crippen LogP contribution is -2.37.